The van der Waals surface area contributed by atoms with Crippen LogP contribution in [0.3, 0.4) is 0 Å². The average Bonchev–Trinajstić information content (AvgIpc) is 2.87. The van der Waals surface area contributed by atoms with Crippen molar-refractivity contribution in [2.24, 2.45) is 5.73 Å². The summed E-state index contributed by atoms with van der Waals surface area (Å²) in [6.45, 7) is 1.95. The van der Waals surface area contributed by atoms with Gasteiger partial charge in [-0.2, -0.15) is 0 Å². The van der Waals surface area contributed by atoms with Gasteiger partial charge in [-0.1, -0.05) is 5.10 Å². The van der Waals surface area contributed by atoms with Crippen molar-refractivity contribution in [2.75, 3.05) is 5.32 Å². The molecular formula is C8H9N5O2S. The Labute approximate surface area is 94.7 Å². The van der Waals surface area contributed by atoms with Gasteiger partial charge in [-0.15, -0.1) is 16.4 Å². The summed E-state index contributed by atoms with van der Waals surface area (Å²) in [6, 6.07) is 0.0600. The number of amides is 1. The maximum atomic E-state index is 11.6. The summed E-state index contributed by atoms with van der Waals surface area (Å²) in [5, 5.41) is 12.0. The van der Waals surface area contributed by atoms with Crippen molar-refractivity contribution in [1.29, 1.82) is 0 Å². The highest BCUT2D eigenvalue weighted by Crippen LogP contribution is 2.11. The second kappa shape index (κ2) is 4.37. The van der Waals surface area contributed by atoms with Gasteiger partial charge in [0.25, 0.3) is 5.91 Å². The first-order valence-electron chi connectivity index (χ1n) is 4.45. The van der Waals surface area contributed by atoms with Crippen molar-refractivity contribution in [3.8, 4) is 0 Å². The van der Waals surface area contributed by atoms with E-state index in [-0.39, 0.29) is 11.9 Å². The first-order chi connectivity index (χ1) is 7.69. The van der Waals surface area contributed by atoms with Crippen LogP contribution in [-0.4, -0.2) is 21.1 Å². The van der Waals surface area contributed by atoms with E-state index >= 15 is 0 Å². The first kappa shape index (κ1) is 10.7. The molecule has 7 nitrogen and oxygen atoms in total. The predicted molar refractivity (Wildman–Crippen MR) is 57.0 cm³/mol. The number of rotatable bonds is 3. The molecule has 1 amide bonds. The van der Waals surface area contributed by atoms with Crippen LogP contribution in [0.2, 0.25) is 0 Å². The van der Waals surface area contributed by atoms with E-state index in [2.05, 4.69) is 20.5 Å². The van der Waals surface area contributed by atoms with Crippen molar-refractivity contribution in [1.82, 2.24) is 15.2 Å². The lowest BCUT2D eigenvalue weighted by Crippen LogP contribution is -2.13. The van der Waals surface area contributed by atoms with Crippen LogP contribution in [0.5, 0.6) is 0 Å². The molecule has 0 aromatic carbocycles. The number of nitrogens with zero attached hydrogens (tertiary/aromatic N) is 3. The summed E-state index contributed by atoms with van der Waals surface area (Å²) in [7, 11) is 0. The number of aromatic nitrogens is 3. The minimum atomic E-state index is -0.389. The van der Waals surface area contributed by atoms with Gasteiger partial charge in [-0.05, 0) is 0 Å². The van der Waals surface area contributed by atoms with Gasteiger partial charge >= 0.3 is 6.01 Å². The molecule has 0 fully saturated rings. The molecule has 0 aliphatic rings. The van der Waals surface area contributed by atoms with E-state index in [0.29, 0.717) is 23.1 Å². The first-order valence-corrected chi connectivity index (χ1v) is 5.33. The van der Waals surface area contributed by atoms with Gasteiger partial charge in [-0.3, -0.25) is 10.1 Å². The van der Waals surface area contributed by atoms with Gasteiger partial charge in [0.1, 0.15) is 10.7 Å². The minimum Gasteiger partial charge on any atom is -0.408 e. The van der Waals surface area contributed by atoms with Crippen molar-refractivity contribution >= 4 is 23.3 Å². The van der Waals surface area contributed by atoms with Crippen LogP contribution >= 0.6 is 11.3 Å². The highest BCUT2D eigenvalue weighted by molar-refractivity contribution is 7.09. The van der Waals surface area contributed by atoms with E-state index < -0.39 is 0 Å². The fourth-order valence-corrected chi connectivity index (χ4v) is 1.67. The van der Waals surface area contributed by atoms with Crippen LogP contribution in [0.25, 0.3) is 0 Å². The van der Waals surface area contributed by atoms with Crippen molar-refractivity contribution in [2.45, 2.75) is 13.5 Å². The summed E-state index contributed by atoms with van der Waals surface area (Å²) < 4.78 is 5.01. The van der Waals surface area contributed by atoms with Crippen LogP contribution in [0.4, 0.5) is 6.01 Å². The fourth-order valence-electron chi connectivity index (χ4n) is 1.02. The van der Waals surface area contributed by atoms with Gasteiger partial charge in [0.05, 0.1) is 0 Å². The number of hydrogen-bond acceptors (Lipinski definition) is 7. The summed E-state index contributed by atoms with van der Waals surface area (Å²) in [6.07, 6.45) is 0. The van der Waals surface area contributed by atoms with Crippen molar-refractivity contribution in [3.63, 3.8) is 0 Å². The molecule has 2 heterocycles. The Morgan fingerprint density at radius 3 is 3.00 bits per heavy atom. The molecule has 3 N–H and O–H groups in total. The molecule has 0 spiro atoms. The summed E-state index contributed by atoms with van der Waals surface area (Å²) in [5.41, 5.74) is 5.69. The molecule has 2 rings (SSSR count). The van der Waals surface area contributed by atoms with E-state index in [9.17, 15) is 4.79 Å². The Hall–Kier alpha value is -1.80. The molecule has 2 aromatic heterocycles. The number of thiazole rings is 1. The third-order valence-electron chi connectivity index (χ3n) is 1.71. The molecular weight excluding hydrogens is 230 g/mol. The van der Waals surface area contributed by atoms with Crippen LogP contribution in [0.1, 0.15) is 21.4 Å². The van der Waals surface area contributed by atoms with Crippen LogP contribution < -0.4 is 11.1 Å². The zero-order chi connectivity index (χ0) is 11.5. The maximum absolute atomic E-state index is 11.6. The van der Waals surface area contributed by atoms with E-state index in [1.165, 1.54) is 11.3 Å². The molecule has 0 aliphatic heterocycles. The maximum Gasteiger partial charge on any atom is 0.322 e. The monoisotopic (exact) mass is 239 g/mol. The average molecular weight is 239 g/mol. The standard InChI is InChI=1S/C8H9N5O2S/c1-4-12-13-8(15-4)11-7(14)5-3-16-6(2-9)10-5/h3H,2,9H2,1H3,(H,11,13,14). The summed E-state index contributed by atoms with van der Waals surface area (Å²) in [4.78, 5) is 15.6. The Kier molecular flexibility index (Phi) is 2.93. The SMILES string of the molecule is Cc1nnc(NC(=O)c2csc(CN)n2)o1. The van der Waals surface area contributed by atoms with E-state index in [4.69, 9.17) is 10.2 Å². The fraction of sp³-hybridized carbons (Fsp3) is 0.250. The molecule has 84 valence electrons. The van der Waals surface area contributed by atoms with E-state index in [1.54, 1.807) is 12.3 Å². The van der Waals surface area contributed by atoms with Gasteiger partial charge in [-0.25, -0.2) is 4.98 Å². The van der Waals surface area contributed by atoms with Crippen molar-refractivity contribution in [3.05, 3.63) is 22.0 Å². The van der Waals surface area contributed by atoms with Crippen LogP contribution in [0, 0.1) is 6.92 Å². The normalized spacial score (nSPS) is 10.4. The van der Waals surface area contributed by atoms with Gasteiger partial charge in [0, 0.05) is 18.8 Å². The molecule has 0 saturated carbocycles. The molecule has 0 aliphatic carbocycles. The molecule has 0 unspecified atom stereocenters. The number of aryl methyl sites for hydroxylation is 1. The molecule has 16 heavy (non-hydrogen) atoms. The number of nitrogens with one attached hydrogen (secondary N) is 1. The Morgan fingerprint density at radius 2 is 2.44 bits per heavy atom. The van der Waals surface area contributed by atoms with Crippen molar-refractivity contribution < 1.29 is 9.21 Å². The topological polar surface area (TPSA) is 107 Å². The Bertz CT molecular complexity index is 506. The molecule has 0 saturated heterocycles. The smallest absolute Gasteiger partial charge is 0.322 e. The molecule has 0 bridgehead atoms. The third kappa shape index (κ3) is 2.23. The second-order valence-electron chi connectivity index (χ2n) is 2.91. The molecule has 0 radical (unpaired) electrons. The number of carbonyl (C=O) groups excluding carboxylic acids is 1. The third-order valence-corrected chi connectivity index (χ3v) is 2.58. The predicted octanol–water partition coefficient (Wildman–Crippen LogP) is 0.546. The van der Waals surface area contributed by atoms with Gasteiger partial charge in [0.2, 0.25) is 5.89 Å². The zero-order valence-corrected chi connectivity index (χ0v) is 9.24. The number of hydrogen-bond donors (Lipinski definition) is 2. The quantitative estimate of drug-likeness (QED) is 0.809. The highest BCUT2D eigenvalue weighted by Gasteiger charge is 2.13. The summed E-state index contributed by atoms with van der Waals surface area (Å²) >= 11 is 1.33. The number of anilines is 1. The van der Waals surface area contributed by atoms with E-state index in [1.807, 2.05) is 0 Å². The van der Waals surface area contributed by atoms with Gasteiger partial charge in [0.15, 0.2) is 0 Å². The lowest BCUT2D eigenvalue weighted by Gasteiger charge is -1.95. The van der Waals surface area contributed by atoms with E-state index in [0.717, 1.165) is 0 Å². The number of nitrogens with two attached hydrogens (primary N) is 1. The second-order valence-corrected chi connectivity index (χ2v) is 3.85. The lowest BCUT2D eigenvalue weighted by molar-refractivity contribution is 0.102. The lowest BCUT2D eigenvalue weighted by atomic mass is 10.4. The zero-order valence-electron chi connectivity index (χ0n) is 8.43. The highest BCUT2D eigenvalue weighted by atomic mass is 32.1. The molecule has 2 aromatic rings. The van der Waals surface area contributed by atoms with Gasteiger partial charge < -0.3 is 10.2 Å². The Balaban J connectivity index is 2.08. The minimum absolute atomic E-state index is 0.0600. The number of carbonyl (C=O) groups is 1. The molecule has 8 heteroatoms. The van der Waals surface area contributed by atoms with Crippen LogP contribution in [-0.2, 0) is 6.54 Å². The largest absolute Gasteiger partial charge is 0.408 e. The Morgan fingerprint density at radius 1 is 1.62 bits per heavy atom. The molecule has 0 atom stereocenters. The summed E-state index contributed by atoms with van der Waals surface area (Å²) in [5.74, 6) is -0.00387. The van der Waals surface area contributed by atoms with Crippen LogP contribution in [0.15, 0.2) is 9.80 Å².